The molecule has 0 heterocycles. The lowest BCUT2D eigenvalue weighted by Crippen LogP contribution is -2.33. The van der Waals surface area contributed by atoms with Crippen molar-refractivity contribution in [2.45, 2.75) is 58.3 Å². The predicted molar refractivity (Wildman–Crippen MR) is 83.3 cm³/mol. The Bertz CT molecular complexity index is 318. The number of nitrogens with two attached hydrogens (primary N) is 1. The van der Waals surface area contributed by atoms with Crippen LogP contribution in [0.15, 0.2) is 0 Å². The number of hydrogen-bond donors (Lipinski definition) is 1. The molecule has 2 rings (SSSR count). The molecule has 0 radical (unpaired) electrons. The van der Waals surface area contributed by atoms with Gasteiger partial charge in [-0.25, -0.2) is 0 Å². The summed E-state index contributed by atoms with van der Waals surface area (Å²) in [5.41, 5.74) is 5.62. The second-order valence-electron chi connectivity index (χ2n) is 7.10. The summed E-state index contributed by atoms with van der Waals surface area (Å²) in [6, 6.07) is 0. The maximum Gasteiger partial charge on any atom is 0.222 e. The summed E-state index contributed by atoms with van der Waals surface area (Å²) in [5.74, 6) is 3.63. The van der Waals surface area contributed by atoms with E-state index in [1.807, 2.05) is 11.9 Å². The van der Waals surface area contributed by atoms with E-state index in [-0.39, 0.29) is 0 Å². The molecule has 0 aromatic carbocycles. The molecule has 2 saturated carbocycles. The molecule has 2 bridgehead atoms. The first-order chi connectivity index (χ1) is 9.63. The first-order valence-electron chi connectivity index (χ1n) is 8.58. The highest BCUT2D eigenvalue weighted by atomic mass is 16.2. The molecule has 2 fully saturated rings. The number of carbonyl (C=O) groups is 1. The zero-order valence-electron chi connectivity index (χ0n) is 13.3. The lowest BCUT2D eigenvalue weighted by molar-refractivity contribution is -0.131. The molecule has 0 aliphatic heterocycles. The highest BCUT2D eigenvalue weighted by Gasteiger charge is 2.39. The van der Waals surface area contributed by atoms with Gasteiger partial charge in [0.1, 0.15) is 0 Å². The van der Waals surface area contributed by atoms with E-state index in [0.717, 1.165) is 50.1 Å². The summed E-state index contributed by atoms with van der Waals surface area (Å²) in [6.07, 6.45) is 9.56. The summed E-state index contributed by atoms with van der Waals surface area (Å²) < 4.78 is 0. The van der Waals surface area contributed by atoms with Crippen LogP contribution in [0, 0.1) is 23.7 Å². The zero-order chi connectivity index (χ0) is 14.5. The van der Waals surface area contributed by atoms with Crippen molar-refractivity contribution >= 4 is 5.91 Å². The lowest BCUT2D eigenvalue weighted by Gasteiger charge is -2.27. The highest BCUT2D eigenvalue weighted by molar-refractivity contribution is 5.75. The van der Waals surface area contributed by atoms with E-state index in [2.05, 4.69) is 6.92 Å². The van der Waals surface area contributed by atoms with Crippen LogP contribution in [-0.4, -0.2) is 30.9 Å². The molecular weight excluding hydrogens is 248 g/mol. The fourth-order valence-electron chi connectivity index (χ4n) is 4.36. The Labute approximate surface area is 124 Å². The molecule has 0 aromatic heterocycles. The molecular formula is C17H32N2O. The van der Waals surface area contributed by atoms with Crippen LogP contribution in [0.4, 0.5) is 0 Å². The molecule has 0 saturated heterocycles. The van der Waals surface area contributed by atoms with Gasteiger partial charge in [0.15, 0.2) is 0 Å². The van der Waals surface area contributed by atoms with E-state index in [1.165, 1.54) is 25.7 Å². The van der Waals surface area contributed by atoms with Gasteiger partial charge in [-0.05, 0) is 62.3 Å². The van der Waals surface area contributed by atoms with Crippen molar-refractivity contribution in [3.05, 3.63) is 0 Å². The van der Waals surface area contributed by atoms with Crippen LogP contribution >= 0.6 is 0 Å². The Morgan fingerprint density at radius 1 is 1.30 bits per heavy atom. The molecule has 4 atom stereocenters. The zero-order valence-corrected chi connectivity index (χ0v) is 13.3. The lowest BCUT2D eigenvalue weighted by atomic mass is 9.88. The molecule has 2 aliphatic carbocycles. The average Bonchev–Trinajstić information content (AvgIpc) is 3.05. The van der Waals surface area contributed by atoms with Gasteiger partial charge < -0.3 is 10.6 Å². The molecule has 20 heavy (non-hydrogen) atoms. The van der Waals surface area contributed by atoms with Crippen LogP contribution in [0.25, 0.3) is 0 Å². The second-order valence-corrected chi connectivity index (χ2v) is 7.10. The normalized spacial score (nSPS) is 29.6. The molecule has 2 aliphatic rings. The van der Waals surface area contributed by atoms with Crippen LogP contribution in [0.3, 0.4) is 0 Å². The molecule has 1 amide bonds. The Kier molecular flexibility index (Phi) is 5.88. The van der Waals surface area contributed by atoms with Crippen LogP contribution in [-0.2, 0) is 4.79 Å². The summed E-state index contributed by atoms with van der Waals surface area (Å²) in [6.45, 7) is 3.94. The van der Waals surface area contributed by atoms with Crippen molar-refractivity contribution < 1.29 is 4.79 Å². The van der Waals surface area contributed by atoms with E-state index in [9.17, 15) is 4.79 Å². The topological polar surface area (TPSA) is 46.3 Å². The third kappa shape index (κ3) is 3.97. The van der Waals surface area contributed by atoms with Crippen molar-refractivity contribution in [2.75, 3.05) is 20.1 Å². The number of fused-ring (bicyclic) bond motifs is 2. The van der Waals surface area contributed by atoms with Gasteiger partial charge in [-0.15, -0.1) is 0 Å². The van der Waals surface area contributed by atoms with E-state index >= 15 is 0 Å². The Balaban J connectivity index is 1.69. The van der Waals surface area contributed by atoms with Crippen LogP contribution in [0.2, 0.25) is 0 Å². The van der Waals surface area contributed by atoms with E-state index < -0.39 is 0 Å². The molecule has 4 unspecified atom stereocenters. The van der Waals surface area contributed by atoms with Crippen LogP contribution < -0.4 is 5.73 Å². The average molecular weight is 280 g/mol. The van der Waals surface area contributed by atoms with E-state index in [4.69, 9.17) is 5.73 Å². The Morgan fingerprint density at radius 3 is 2.65 bits per heavy atom. The minimum atomic E-state index is 0.336. The maximum atomic E-state index is 12.3. The van der Waals surface area contributed by atoms with Gasteiger partial charge in [0.2, 0.25) is 5.91 Å². The molecule has 3 nitrogen and oxygen atoms in total. The van der Waals surface area contributed by atoms with Crippen LogP contribution in [0.1, 0.15) is 58.3 Å². The Hall–Kier alpha value is -0.570. The van der Waals surface area contributed by atoms with Gasteiger partial charge in [0.25, 0.3) is 0 Å². The van der Waals surface area contributed by atoms with Gasteiger partial charge in [-0.1, -0.05) is 19.8 Å². The molecule has 0 aromatic rings. The van der Waals surface area contributed by atoms with Gasteiger partial charge >= 0.3 is 0 Å². The summed E-state index contributed by atoms with van der Waals surface area (Å²) in [4.78, 5) is 14.3. The third-order valence-electron chi connectivity index (χ3n) is 5.74. The fraction of sp³-hybridized carbons (Fsp3) is 0.941. The van der Waals surface area contributed by atoms with Crippen molar-refractivity contribution in [3.63, 3.8) is 0 Å². The molecule has 2 N–H and O–H groups in total. The third-order valence-corrected chi connectivity index (χ3v) is 5.74. The largest absolute Gasteiger partial charge is 0.345 e. The first kappa shape index (κ1) is 15.8. The standard InChI is InChI=1S/C17H32N2O/c1-3-13(8-9-18)5-7-17(20)19(2)12-16-11-14-4-6-15(16)10-14/h13-16H,3-12,18H2,1-2H3. The first-order valence-corrected chi connectivity index (χ1v) is 8.58. The molecule has 116 valence electrons. The minimum absolute atomic E-state index is 0.336. The van der Waals surface area contributed by atoms with Gasteiger partial charge in [-0.3, -0.25) is 4.79 Å². The molecule has 0 spiro atoms. The van der Waals surface area contributed by atoms with Crippen molar-refractivity contribution in [2.24, 2.45) is 29.4 Å². The fourth-order valence-corrected chi connectivity index (χ4v) is 4.36. The van der Waals surface area contributed by atoms with E-state index in [0.29, 0.717) is 18.2 Å². The number of amides is 1. The second kappa shape index (κ2) is 7.44. The minimum Gasteiger partial charge on any atom is -0.345 e. The van der Waals surface area contributed by atoms with Gasteiger partial charge in [-0.2, -0.15) is 0 Å². The SMILES string of the molecule is CCC(CCN)CCC(=O)N(C)CC1CC2CCC1C2. The van der Waals surface area contributed by atoms with Gasteiger partial charge in [0, 0.05) is 20.0 Å². The quantitative estimate of drug-likeness (QED) is 0.743. The van der Waals surface area contributed by atoms with Crippen molar-refractivity contribution in [1.29, 1.82) is 0 Å². The number of carbonyl (C=O) groups excluding carboxylic acids is 1. The predicted octanol–water partition coefficient (Wildman–Crippen LogP) is 3.04. The van der Waals surface area contributed by atoms with Gasteiger partial charge in [0.05, 0.1) is 0 Å². The summed E-state index contributed by atoms with van der Waals surface area (Å²) >= 11 is 0. The molecule has 3 heteroatoms. The Morgan fingerprint density at radius 2 is 2.10 bits per heavy atom. The highest BCUT2D eigenvalue weighted by Crippen LogP contribution is 2.48. The number of rotatable bonds is 8. The smallest absolute Gasteiger partial charge is 0.222 e. The summed E-state index contributed by atoms with van der Waals surface area (Å²) in [7, 11) is 2.00. The van der Waals surface area contributed by atoms with Crippen molar-refractivity contribution in [1.82, 2.24) is 4.90 Å². The number of hydrogen-bond acceptors (Lipinski definition) is 2. The summed E-state index contributed by atoms with van der Waals surface area (Å²) in [5, 5.41) is 0. The van der Waals surface area contributed by atoms with Crippen molar-refractivity contribution in [3.8, 4) is 0 Å². The maximum absolute atomic E-state index is 12.3. The van der Waals surface area contributed by atoms with Crippen LogP contribution in [0.5, 0.6) is 0 Å². The number of nitrogens with zero attached hydrogens (tertiary/aromatic N) is 1. The van der Waals surface area contributed by atoms with E-state index in [1.54, 1.807) is 0 Å². The monoisotopic (exact) mass is 280 g/mol.